The van der Waals surface area contributed by atoms with Crippen molar-refractivity contribution in [3.63, 3.8) is 0 Å². The molecule has 0 aliphatic heterocycles. The number of fused-ring (bicyclic) bond motifs is 1. The highest BCUT2D eigenvalue weighted by molar-refractivity contribution is 5.82. The second kappa shape index (κ2) is 5.15. The van der Waals surface area contributed by atoms with E-state index in [9.17, 15) is 0 Å². The molecule has 18 heavy (non-hydrogen) atoms. The molecular weight excluding hydrogens is 220 g/mol. The van der Waals surface area contributed by atoms with Gasteiger partial charge in [0, 0.05) is 30.2 Å². The number of aromatic nitrogens is 1. The average Bonchev–Trinajstić information content (AvgIpc) is 2.72. The molecule has 2 aromatic rings. The van der Waals surface area contributed by atoms with E-state index in [2.05, 4.69) is 68.5 Å². The first-order valence-electron chi connectivity index (χ1n) is 6.76. The van der Waals surface area contributed by atoms with E-state index in [0.717, 1.165) is 13.1 Å². The van der Waals surface area contributed by atoms with Gasteiger partial charge in [-0.3, -0.25) is 0 Å². The number of aromatic amines is 1. The zero-order valence-corrected chi connectivity index (χ0v) is 11.9. The van der Waals surface area contributed by atoms with E-state index < -0.39 is 0 Å². The Hall–Kier alpha value is -1.28. The lowest BCUT2D eigenvalue weighted by atomic mass is 9.81. The third kappa shape index (κ3) is 2.75. The van der Waals surface area contributed by atoms with Crippen molar-refractivity contribution in [2.45, 2.75) is 34.2 Å². The summed E-state index contributed by atoms with van der Waals surface area (Å²) < 4.78 is 0. The van der Waals surface area contributed by atoms with Crippen molar-refractivity contribution in [1.29, 1.82) is 0 Å². The minimum Gasteiger partial charge on any atom is -0.361 e. The van der Waals surface area contributed by atoms with E-state index in [4.69, 9.17) is 0 Å². The smallest absolute Gasteiger partial charge is 0.0457 e. The molecule has 0 aliphatic carbocycles. The molecule has 0 saturated carbocycles. The Morgan fingerprint density at radius 2 is 1.94 bits per heavy atom. The third-order valence-corrected chi connectivity index (χ3v) is 4.13. The standard InChI is InChI=1S/C16H24N2/c1-12(2)16(3,4)11-17-9-13-10-18-15-8-6-5-7-14(13)15/h5-8,10,12,17-18H,9,11H2,1-4H3. The van der Waals surface area contributed by atoms with E-state index in [1.165, 1.54) is 16.5 Å². The molecule has 0 bridgehead atoms. The maximum absolute atomic E-state index is 3.58. The summed E-state index contributed by atoms with van der Waals surface area (Å²) in [6.45, 7) is 11.2. The monoisotopic (exact) mass is 244 g/mol. The molecule has 98 valence electrons. The maximum atomic E-state index is 3.58. The van der Waals surface area contributed by atoms with Gasteiger partial charge in [0.1, 0.15) is 0 Å². The van der Waals surface area contributed by atoms with Crippen LogP contribution in [0.3, 0.4) is 0 Å². The van der Waals surface area contributed by atoms with Crippen molar-refractivity contribution in [1.82, 2.24) is 10.3 Å². The highest BCUT2D eigenvalue weighted by atomic mass is 14.9. The Balaban J connectivity index is 1.99. The van der Waals surface area contributed by atoms with Gasteiger partial charge in [0.2, 0.25) is 0 Å². The van der Waals surface area contributed by atoms with Gasteiger partial charge in [-0.05, 0) is 23.0 Å². The molecule has 1 heterocycles. The van der Waals surface area contributed by atoms with Crippen molar-refractivity contribution < 1.29 is 0 Å². The zero-order valence-electron chi connectivity index (χ0n) is 11.9. The van der Waals surface area contributed by atoms with Gasteiger partial charge in [-0.1, -0.05) is 45.9 Å². The summed E-state index contributed by atoms with van der Waals surface area (Å²) in [5, 5.41) is 4.91. The largest absolute Gasteiger partial charge is 0.361 e. The Morgan fingerprint density at radius 3 is 2.67 bits per heavy atom. The molecule has 0 radical (unpaired) electrons. The van der Waals surface area contributed by atoms with E-state index in [1.807, 2.05) is 0 Å². The van der Waals surface area contributed by atoms with Crippen LogP contribution in [0, 0.1) is 11.3 Å². The molecular formula is C16H24N2. The highest BCUT2D eigenvalue weighted by Crippen LogP contribution is 2.25. The molecule has 1 aromatic carbocycles. The predicted octanol–water partition coefficient (Wildman–Crippen LogP) is 3.94. The van der Waals surface area contributed by atoms with Crippen molar-refractivity contribution in [2.75, 3.05) is 6.54 Å². The van der Waals surface area contributed by atoms with Gasteiger partial charge < -0.3 is 10.3 Å². The van der Waals surface area contributed by atoms with Crippen molar-refractivity contribution in [2.24, 2.45) is 11.3 Å². The fraction of sp³-hybridized carbons (Fsp3) is 0.500. The van der Waals surface area contributed by atoms with Crippen LogP contribution in [0.15, 0.2) is 30.5 Å². The van der Waals surface area contributed by atoms with Gasteiger partial charge in [0.05, 0.1) is 0 Å². The Labute approximate surface area is 110 Å². The molecule has 0 amide bonds. The van der Waals surface area contributed by atoms with Crippen LogP contribution in [0.5, 0.6) is 0 Å². The summed E-state index contributed by atoms with van der Waals surface area (Å²) in [4.78, 5) is 3.32. The molecule has 2 rings (SSSR count). The van der Waals surface area contributed by atoms with Crippen molar-refractivity contribution >= 4 is 10.9 Å². The second-order valence-corrected chi connectivity index (χ2v) is 6.11. The lowest BCUT2D eigenvalue weighted by molar-refractivity contribution is 0.238. The Morgan fingerprint density at radius 1 is 1.22 bits per heavy atom. The van der Waals surface area contributed by atoms with Gasteiger partial charge in [0.25, 0.3) is 0 Å². The first-order chi connectivity index (χ1) is 8.50. The highest BCUT2D eigenvalue weighted by Gasteiger charge is 2.21. The third-order valence-electron chi connectivity index (χ3n) is 4.13. The average molecular weight is 244 g/mol. The molecule has 0 saturated heterocycles. The van der Waals surface area contributed by atoms with Crippen LogP contribution in [0.25, 0.3) is 10.9 Å². The molecule has 2 nitrogen and oxygen atoms in total. The van der Waals surface area contributed by atoms with Crippen LogP contribution in [0.1, 0.15) is 33.3 Å². The quantitative estimate of drug-likeness (QED) is 0.819. The molecule has 0 unspecified atom stereocenters. The summed E-state index contributed by atoms with van der Waals surface area (Å²) in [5.74, 6) is 0.688. The molecule has 0 spiro atoms. The lowest BCUT2D eigenvalue weighted by Gasteiger charge is -2.29. The fourth-order valence-corrected chi connectivity index (χ4v) is 2.00. The second-order valence-electron chi connectivity index (χ2n) is 6.11. The van der Waals surface area contributed by atoms with Gasteiger partial charge in [0.15, 0.2) is 0 Å². The van der Waals surface area contributed by atoms with E-state index in [-0.39, 0.29) is 0 Å². The summed E-state index contributed by atoms with van der Waals surface area (Å²) in [7, 11) is 0. The van der Waals surface area contributed by atoms with Crippen LogP contribution in [-0.2, 0) is 6.54 Å². The zero-order chi connectivity index (χ0) is 13.2. The van der Waals surface area contributed by atoms with Crippen LogP contribution in [0.2, 0.25) is 0 Å². The SMILES string of the molecule is CC(C)C(C)(C)CNCc1c[nH]c2ccccc12. The number of H-pyrrole nitrogens is 1. The minimum atomic E-state index is 0.339. The number of nitrogens with one attached hydrogen (secondary N) is 2. The predicted molar refractivity (Wildman–Crippen MR) is 78.6 cm³/mol. The van der Waals surface area contributed by atoms with Crippen LogP contribution >= 0.6 is 0 Å². The maximum Gasteiger partial charge on any atom is 0.0457 e. The van der Waals surface area contributed by atoms with Crippen LogP contribution < -0.4 is 5.32 Å². The van der Waals surface area contributed by atoms with Gasteiger partial charge in [-0.15, -0.1) is 0 Å². The number of hydrogen-bond donors (Lipinski definition) is 2. The first kappa shape index (κ1) is 13.2. The minimum absolute atomic E-state index is 0.339. The molecule has 2 heteroatoms. The van der Waals surface area contributed by atoms with E-state index in [0.29, 0.717) is 11.3 Å². The molecule has 0 atom stereocenters. The molecule has 1 aromatic heterocycles. The number of para-hydroxylation sites is 1. The molecule has 0 aliphatic rings. The fourth-order valence-electron chi connectivity index (χ4n) is 2.00. The first-order valence-corrected chi connectivity index (χ1v) is 6.76. The van der Waals surface area contributed by atoms with Crippen LogP contribution in [0.4, 0.5) is 0 Å². The summed E-state index contributed by atoms with van der Waals surface area (Å²) in [5.41, 5.74) is 2.91. The summed E-state index contributed by atoms with van der Waals surface area (Å²) in [6, 6.07) is 8.46. The van der Waals surface area contributed by atoms with Crippen molar-refractivity contribution in [3.8, 4) is 0 Å². The van der Waals surface area contributed by atoms with E-state index >= 15 is 0 Å². The number of hydrogen-bond acceptors (Lipinski definition) is 1. The van der Waals surface area contributed by atoms with Crippen LogP contribution in [-0.4, -0.2) is 11.5 Å². The molecule has 2 N–H and O–H groups in total. The van der Waals surface area contributed by atoms with E-state index in [1.54, 1.807) is 0 Å². The normalized spacial score (nSPS) is 12.5. The number of rotatable bonds is 5. The van der Waals surface area contributed by atoms with Crippen molar-refractivity contribution in [3.05, 3.63) is 36.0 Å². The summed E-state index contributed by atoms with van der Waals surface area (Å²) >= 11 is 0. The lowest BCUT2D eigenvalue weighted by Crippen LogP contribution is -2.33. The van der Waals surface area contributed by atoms with Gasteiger partial charge >= 0.3 is 0 Å². The number of benzene rings is 1. The molecule has 0 fully saturated rings. The van der Waals surface area contributed by atoms with Gasteiger partial charge in [-0.25, -0.2) is 0 Å². The Bertz CT molecular complexity index is 509. The summed E-state index contributed by atoms with van der Waals surface area (Å²) in [6.07, 6.45) is 2.11. The Kier molecular flexibility index (Phi) is 3.76. The topological polar surface area (TPSA) is 27.8 Å². The van der Waals surface area contributed by atoms with Gasteiger partial charge in [-0.2, -0.15) is 0 Å².